The van der Waals surface area contributed by atoms with Gasteiger partial charge in [0.05, 0.1) is 25.4 Å². The number of allylic oxidation sites excluding steroid dienone is 7. The number of hydrogen-bond donors (Lipinski definition) is 3. The quantitative estimate of drug-likeness (QED) is 0.0320. The van der Waals surface area contributed by atoms with Crippen molar-refractivity contribution < 1.29 is 24.5 Å². The zero-order valence-corrected chi connectivity index (χ0v) is 49.6. The van der Waals surface area contributed by atoms with Crippen LogP contribution < -0.4 is 5.32 Å². The topological polar surface area (TPSA) is 95.9 Å². The van der Waals surface area contributed by atoms with Gasteiger partial charge in [-0.15, -0.1) is 0 Å². The molecule has 0 bridgehead atoms. The monoisotopic (exact) mass is 1040 g/mol. The van der Waals surface area contributed by atoms with E-state index in [1.54, 1.807) is 6.08 Å². The van der Waals surface area contributed by atoms with Gasteiger partial charge in [-0.2, -0.15) is 0 Å². The number of carbonyl (C=O) groups is 2. The van der Waals surface area contributed by atoms with Gasteiger partial charge < -0.3 is 20.3 Å². The van der Waals surface area contributed by atoms with Crippen molar-refractivity contribution in [2.75, 3.05) is 13.2 Å². The van der Waals surface area contributed by atoms with Gasteiger partial charge in [0, 0.05) is 12.8 Å². The lowest BCUT2D eigenvalue weighted by molar-refractivity contribution is -0.143. The summed E-state index contributed by atoms with van der Waals surface area (Å²) in [6.07, 6.45) is 81.7. The van der Waals surface area contributed by atoms with Crippen molar-refractivity contribution in [3.05, 3.63) is 48.6 Å². The van der Waals surface area contributed by atoms with Gasteiger partial charge in [-0.05, 0) is 89.9 Å². The molecule has 0 aliphatic carbocycles. The molecule has 434 valence electrons. The van der Waals surface area contributed by atoms with Crippen molar-refractivity contribution in [3.8, 4) is 0 Å². The van der Waals surface area contributed by atoms with Gasteiger partial charge in [-0.1, -0.05) is 294 Å². The molecule has 0 rings (SSSR count). The summed E-state index contributed by atoms with van der Waals surface area (Å²) in [6, 6.07) is -0.631. The number of rotatable bonds is 61. The van der Waals surface area contributed by atoms with E-state index in [0.29, 0.717) is 19.4 Å². The Kier molecular flexibility index (Phi) is 61.5. The van der Waals surface area contributed by atoms with Crippen molar-refractivity contribution in [3.63, 3.8) is 0 Å². The largest absolute Gasteiger partial charge is 0.466 e. The summed E-state index contributed by atoms with van der Waals surface area (Å²) in [5.41, 5.74) is 0. The third-order valence-electron chi connectivity index (χ3n) is 15.1. The maximum Gasteiger partial charge on any atom is 0.305 e. The highest BCUT2D eigenvalue weighted by Crippen LogP contribution is 2.17. The van der Waals surface area contributed by atoms with Crippen LogP contribution in [0.5, 0.6) is 0 Å². The number of nitrogens with one attached hydrogen (secondary N) is 1. The van der Waals surface area contributed by atoms with E-state index in [9.17, 15) is 19.8 Å². The number of amides is 1. The summed E-state index contributed by atoms with van der Waals surface area (Å²) in [6.45, 7) is 4.89. The van der Waals surface area contributed by atoms with Crippen LogP contribution in [0.15, 0.2) is 48.6 Å². The van der Waals surface area contributed by atoms with Gasteiger partial charge in [-0.3, -0.25) is 9.59 Å². The van der Waals surface area contributed by atoms with Crippen LogP contribution in [0.2, 0.25) is 0 Å². The molecule has 0 radical (unpaired) electrons. The molecule has 0 aromatic heterocycles. The molecule has 0 aromatic rings. The van der Waals surface area contributed by atoms with Crippen LogP contribution in [0.1, 0.15) is 348 Å². The lowest BCUT2D eigenvalue weighted by atomic mass is 10.0. The minimum absolute atomic E-state index is 0.0000479. The first-order valence-corrected chi connectivity index (χ1v) is 32.9. The van der Waals surface area contributed by atoms with Crippen LogP contribution in [-0.4, -0.2) is 47.4 Å². The third-order valence-corrected chi connectivity index (χ3v) is 15.1. The second-order valence-electron chi connectivity index (χ2n) is 22.4. The van der Waals surface area contributed by atoms with E-state index in [-0.39, 0.29) is 18.5 Å². The lowest BCUT2D eigenvalue weighted by Gasteiger charge is -2.20. The second kappa shape index (κ2) is 63.4. The molecule has 0 heterocycles. The smallest absolute Gasteiger partial charge is 0.305 e. The molecule has 0 spiro atoms. The maximum atomic E-state index is 12.5. The van der Waals surface area contributed by atoms with E-state index in [0.717, 1.165) is 51.4 Å². The lowest BCUT2D eigenvalue weighted by Crippen LogP contribution is -2.45. The highest BCUT2D eigenvalue weighted by atomic mass is 16.5. The number of ether oxygens (including phenoxy) is 1. The Labute approximate surface area is 461 Å². The Hall–Kier alpha value is -2.18. The van der Waals surface area contributed by atoms with Crippen LogP contribution in [-0.2, 0) is 14.3 Å². The van der Waals surface area contributed by atoms with Crippen LogP contribution in [0.3, 0.4) is 0 Å². The Bertz CT molecular complexity index is 1240. The van der Waals surface area contributed by atoms with Crippen LogP contribution >= 0.6 is 0 Å². The van der Waals surface area contributed by atoms with E-state index in [1.165, 1.54) is 270 Å². The zero-order chi connectivity index (χ0) is 53.6. The zero-order valence-electron chi connectivity index (χ0n) is 49.6. The Morgan fingerprint density at radius 3 is 1.07 bits per heavy atom. The Morgan fingerprint density at radius 1 is 0.378 bits per heavy atom. The van der Waals surface area contributed by atoms with Gasteiger partial charge in [-0.25, -0.2) is 0 Å². The summed E-state index contributed by atoms with van der Waals surface area (Å²) >= 11 is 0. The molecule has 1 amide bonds. The minimum atomic E-state index is -0.848. The SMILES string of the molecule is CCCCC/C=C\CCCCCCCC(=O)OCCCCCCCCCCC/C=C\C/C=C\CCCCCCCCCCCCCC(=O)NC(CO)C(O)/C=C/CCCCCCCCCCCCCCCCCC. The predicted molar refractivity (Wildman–Crippen MR) is 324 cm³/mol. The Morgan fingerprint density at radius 2 is 0.676 bits per heavy atom. The number of esters is 1. The highest BCUT2D eigenvalue weighted by Gasteiger charge is 2.18. The molecule has 6 nitrogen and oxygen atoms in total. The minimum Gasteiger partial charge on any atom is -0.466 e. The van der Waals surface area contributed by atoms with Gasteiger partial charge in [0.2, 0.25) is 5.91 Å². The maximum absolute atomic E-state index is 12.5. The van der Waals surface area contributed by atoms with Crippen molar-refractivity contribution >= 4 is 11.9 Å². The van der Waals surface area contributed by atoms with Crippen LogP contribution in [0.25, 0.3) is 0 Å². The number of aliphatic hydroxyl groups excluding tert-OH is 2. The fourth-order valence-corrected chi connectivity index (χ4v) is 10.0. The molecule has 6 heteroatoms. The average Bonchev–Trinajstić information content (AvgIpc) is 3.40. The van der Waals surface area contributed by atoms with E-state index in [2.05, 4.69) is 55.6 Å². The molecule has 0 aliphatic rings. The standard InChI is InChI=1S/C68H127NO5/c1-3-5-7-9-11-13-15-17-18-19-31-34-37-40-44-48-52-56-60-66(71)65(64-70)69-67(72)61-57-53-49-45-41-38-35-32-29-27-25-23-21-20-22-24-26-28-30-33-36-39-43-47-51-55-59-63-74-68(73)62-58-54-50-46-42-16-14-12-10-8-6-4-2/h12,14,20-21,24,26,56,60,65-66,70-71H,3-11,13,15-19,22-23,25,27-55,57-59,61-64H2,1-2H3,(H,69,72)/b14-12-,21-20-,26-24-,60-56+. The fraction of sp³-hybridized carbons (Fsp3) is 0.853. The summed E-state index contributed by atoms with van der Waals surface area (Å²) in [4.78, 5) is 24.5. The summed E-state index contributed by atoms with van der Waals surface area (Å²) in [5.74, 6) is -0.0693. The first-order valence-electron chi connectivity index (χ1n) is 32.9. The van der Waals surface area contributed by atoms with E-state index in [4.69, 9.17) is 4.74 Å². The molecular weight excluding hydrogens is 911 g/mol. The van der Waals surface area contributed by atoms with Gasteiger partial charge in [0.15, 0.2) is 0 Å². The molecule has 2 atom stereocenters. The number of aliphatic hydroxyl groups is 2. The van der Waals surface area contributed by atoms with Gasteiger partial charge in [0.25, 0.3) is 0 Å². The van der Waals surface area contributed by atoms with E-state index in [1.807, 2.05) is 6.08 Å². The van der Waals surface area contributed by atoms with Crippen molar-refractivity contribution in [2.24, 2.45) is 0 Å². The molecule has 0 aromatic carbocycles. The average molecular weight is 1040 g/mol. The number of hydrogen-bond acceptors (Lipinski definition) is 5. The molecule has 0 saturated heterocycles. The predicted octanol–water partition coefficient (Wildman–Crippen LogP) is 20.9. The third kappa shape index (κ3) is 59.1. The number of unbranched alkanes of at least 4 members (excludes halogenated alkanes) is 44. The molecular formula is C68H127NO5. The molecule has 3 N–H and O–H groups in total. The van der Waals surface area contributed by atoms with Crippen LogP contribution in [0, 0.1) is 0 Å². The van der Waals surface area contributed by atoms with Gasteiger partial charge in [0.1, 0.15) is 0 Å². The normalized spacial score (nSPS) is 12.9. The van der Waals surface area contributed by atoms with Gasteiger partial charge >= 0.3 is 5.97 Å². The summed E-state index contributed by atoms with van der Waals surface area (Å²) in [5, 5.41) is 23.2. The van der Waals surface area contributed by atoms with Crippen molar-refractivity contribution in [1.82, 2.24) is 5.32 Å². The second-order valence-corrected chi connectivity index (χ2v) is 22.4. The summed E-state index contributed by atoms with van der Waals surface area (Å²) < 4.78 is 5.46. The molecule has 0 fully saturated rings. The molecule has 0 aliphatic heterocycles. The molecule has 2 unspecified atom stereocenters. The highest BCUT2D eigenvalue weighted by molar-refractivity contribution is 5.76. The first kappa shape index (κ1) is 71.8. The van der Waals surface area contributed by atoms with Crippen molar-refractivity contribution in [1.29, 1.82) is 0 Å². The molecule has 0 saturated carbocycles. The number of carbonyl (C=O) groups excluding carboxylic acids is 2. The van der Waals surface area contributed by atoms with E-state index >= 15 is 0 Å². The van der Waals surface area contributed by atoms with E-state index < -0.39 is 12.1 Å². The molecule has 74 heavy (non-hydrogen) atoms. The summed E-state index contributed by atoms with van der Waals surface area (Å²) in [7, 11) is 0. The van der Waals surface area contributed by atoms with Crippen molar-refractivity contribution in [2.45, 2.75) is 360 Å². The first-order chi connectivity index (χ1) is 36.5. The Balaban J connectivity index is 3.45. The van der Waals surface area contributed by atoms with Crippen LogP contribution in [0.4, 0.5) is 0 Å². The fourth-order valence-electron chi connectivity index (χ4n) is 10.0.